The molecule has 0 aromatic rings. The van der Waals surface area contributed by atoms with Crippen molar-refractivity contribution in [2.45, 2.75) is 38.9 Å². The van der Waals surface area contributed by atoms with Crippen LogP contribution in [0.1, 0.15) is 26.7 Å². The summed E-state index contributed by atoms with van der Waals surface area (Å²) in [6.07, 6.45) is -5.76. The highest BCUT2D eigenvalue weighted by molar-refractivity contribution is 14.1. The molecular formula is C9H17F3INO2S. The maximum absolute atomic E-state index is 11.9. The number of hydrogen-bond donors (Lipinski definition) is 1. The Balaban J connectivity index is 4.21. The highest BCUT2D eigenvalue weighted by Gasteiger charge is 2.28. The number of nitrogens with one attached hydrogen (secondary N) is 1. The van der Waals surface area contributed by atoms with Crippen molar-refractivity contribution in [2.75, 3.05) is 10.2 Å². The maximum Gasteiger partial charge on any atom is 0.389 e. The average Bonchev–Trinajstić information content (AvgIpc) is 2.11. The molecule has 3 nitrogen and oxygen atoms in total. The first-order chi connectivity index (χ1) is 7.57. The zero-order valence-electron chi connectivity index (χ0n) is 9.72. The number of rotatable bonds is 7. The van der Waals surface area contributed by atoms with Crippen LogP contribution in [-0.4, -0.2) is 30.8 Å². The lowest BCUT2D eigenvalue weighted by Crippen LogP contribution is -2.41. The van der Waals surface area contributed by atoms with Crippen LogP contribution in [-0.2, 0) is 10.0 Å². The molecule has 1 atom stereocenters. The number of alkyl halides is 4. The molecule has 0 aliphatic carbocycles. The van der Waals surface area contributed by atoms with E-state index in [1.165, 1.54) is 0 Å². The van der Waals surface area contributed by atoms with Gasteiger partial charge in [-0.3, -0.25) is 0 Å². The fraction of sp³-hybridized carbons (Fsp3) is 1.00. The zero-order valence-corrected chi connectivity index (χ0v) is 12.7. The Labute approximate surface area is 114 Å². The van der Waals surface area contributed by atoms with Crippen LogP contribution in [0.5, 0.6) is 0 Å². The fourth-order valence-electron chi connectivity index (χ4n) is 1.10. The third-order valence-corrected chi connectivity index (χ3v) is 4.61. The van der Waals surface area contributed by atoms with Crippen molar-refractivity contribution >= 4 is 32.6 Å². The largest absolute Gasteiger partial charge is 0.389 e. The number of hydrogen-bond acceptors (Lipinski definition) is 2. The van der Waals surface area contributed by atoms with Crippen LogP contribution in [0.25, 0.3) is 0 Å². The molecule has 0 saturated heterocycles. The van der Waals surface area contributed by atoms with E-state index in [0.717, 1.165) is 0 Å². The van der Waals surface area contributed by atoms with E-state index in [9.17, 15) is 21.6 Å². The molecule has 0 radical (unpaired) electrons. The van der Waals surface area contributed by atoms with Crippen molar-refractivity contribution in [2.24, 2.45) is 5.92 Å². The van der Waals surface area contributed by atoms with Gasteiger partial charge < -0.3 is 0 Å². The van der Waals surface area contributed by atoms with Gasteiger partial charge in [0, 0.05) is 16.9 Å². The van der Waals surface area contributed by atoms with Gasteiger partial charge in [0.05, 0.1) is 5.75 Å². The Morgan fingerprint density at radius 2 is 1.82 bits per heavy atom. The molecule has 0 rings (SSSR count). The normalized spacial score (nSPS) is 15.2. The first-order valence-corrected chi connectivity index (χ1v) is 8.38. The van der Waals surface area contributed by atoms with Gasteiger partial charge in [-0.25, -0.2) is 13.1 Å². The van der Waals surface area contributed by atoms with Crippen LogP contribution in [0, 0.1) is 5.92 Å². The second-order valence-electron chi connectivity index (χ2n) is 4.16. The predicted octanol–water partition coefficient (Wildman–Crippen LogP) is 2.71. The minimum Gasteiger partial charge on any atom is -0.212 e. The summed E-state index contributed by atoms with van der Waals surface area (Å²) in [4.78, 5) is 0. The lowest BCUT2D eigenvalue weighted by atomic mass is 10.1. The zero-order chi connectivity index (χ0) is 13.7. The van der Waals surface area contributed by atoms with Crippen molar-refractivity contribution in [3.63, 3.8) is 0 Å². The second-order valence-corrected chi connectivity index (χ2v) is 6.91. The van der Waals surface area contributed by atoms with Crippen LogP contribution in [0.3, 0.4) is 0 Å². The molecule has 0 heterocycles. The monoisotopic (exact) mass is 387 g/mol. The lowest BCUT2D eigenvalue weighted by Gasteiger charge is -2.19. The predicted molar refractivity (Wildman–Crippen MR) is 69.7 cm³/mol. The molecule has 0 spiro atoms. The summed E-state index contributed by atoms with van der Waals surface area (Å²) in [5, 5.41) is 0. The fourth-order valence-corrected chi connectivity index (χ4v) is 4.09. The van der Waals surface area contributed by atoms with Crippen molar-refractivity contribution < 1.29 is 21.6 Å². The van der Waals surface area contributed by atoms with Crippen LogP contribution in [0.15, 0.2) is 0 Å². The van der Waals surface area contributed by atoms with Gasteiger partial charge in [0.25, 0.3) is 0 Å². The van der Waals surface area contributed by atoms with Crippen LogP contribution >= 0.6 is 22.6 Å². The molecule has 1 unspecified atom stereocenters. The topological polar surface area (TPSA) is 46.2 Å². The molecule has 0 aliphatic heterocycles. The maximum atomic E-state index is 11.9. The van der Waals surface area contributed by atoms with Gasteiger partial charge in [0.15, 0.2) is 0 Å². The molecule has 0 aliphatic rings. The summed E-state index contributed by atoms with van der Waals surface area (Å²) in [5.41, 5.74) is 0. The SMILES string of the molecule is CC(C)C(CI)NS(=O)(=O)CCCC(F)(F)F. The molecule has 1 N–H and O–H groups in total. The summed E-state index contributed by atoms with van der Waals surface area (Å²) in [6.45, 7) is 3.73. The van der Waals surface area contributed by atoms with Gasteiger partial charge >= 0.3 is 6.18 Å². The number of sulfonamides is 1. The Morgan fingerprint density at radius 3 is 2.18 bits per heavy atom. The molecule has 0 amide bonds. The summed E-state index contributed by atoms with van der Waals surface area (Å²) in [6, 6.07) is -0.230. The van der Waals surface area contributed by atoms with Crippen LogP contribution in [0.2, 0.25) is 0 Å². The highest BCUT2D eigenvalue weighted by atomic mass is 127. The molecule has 8 heteroatoms. The average molecular weight is 387 g/mol. The van der Waals surface area contributed by atoms with Crippen molar-refractivity contribution in [1.82, 2.24) is 4.72 Å². The van der Waals surface area contributed by atoms with Crippen molar-refractivity contribution in [3.8, 4) is 0 Å². The molecule has 0 aromatic heterocycles. The molecule has 0 saturated carbocycles. The second kappa shape index (κ2) is 7.13. The van der Waals surface area contributed by atoms with Crippen molar-refractivity contribution in [3.05, 3.63) is 0 Å². The van der Waals surface area contributed by atoms with E-state index >= 15 is 0 Å². The van der Waals surface area contributed by atoms with Gasteiger partial charge in [0.2, 0.25) is 10.0 Å². The van der Waals surface area contributed by atoms with E-state index in [2.05, 4.69) is 4.72 Å². The molecular weight excluding hydrogens is 370 g/mol. The Hall–Kier alpha value is 0.430. The summed E-state index contributed by atoms with van der Waals surface area (Å²) < 4.78 is 61.6. The third-order valence-electron chi connectivity index (χ3n) is 2.18. The Kier molecular flexibility index (Phi) is 7.31. The van der Waals surface area contributed by atoms with Gasteiger partial charge in [0.1, 0.15) is 0 Å². The van der Waals surface area contributed by atoms with Gasteiger partial charge in [-0.1, -0.05) is 36.4 Å². The van der Waals surface area contributed by atoms with Crippen LogP contribution in [0.4, 0.5) is 13.2 Å². The summed E-state index contributed by atoms with van der Waals surface area (Å²) >= 11 is 2.05. The Bertz CT molecular complexity index is 317. The smallest absolute Gasteiger partial charge is 0.212 e. The summed E-state index contributed by atoms with van der Waals surface area (Å²) in [7, 11) is -3.62. The molecule has 0 bridgehead atoms. The van der Waals surface area contributed by atoms with Crippen LogP contribution < -0.4 is 4.72 Å². The third kappa shape index (κ3) is 9.06. The van der Waals surface area contributed by atoms with E-state index < -0.39 is 34.8 Å². The van der Waals surface area contributed by atoms with Gasteiger partial charge in [-0.2, -0.15) is 13.2 Å². The number of halogens is 4. The molecule has 0 fully saturated rings. The van der Waals surface area contributed by atoms with E-state index in [-0.39, 0.29) is 12.0 Å². The van der Waals surface area contributed by atoms with E-state index in [1.54, 1.807) is 0 Å². The Morgan fingerprint density at radius 1 is 1.29 bits per heavy atom. The molecule has 17 heavy (non-hydrogen) atoms. The van der Waals surface area contributed by atoms with E-state index in [1.807, 2.05) is 36.4 Å². The summed E-state index contributed by atoms with van der Waals surface area (Å²) in [5.74, 6) is -0.365. The first-order valence-electron chi connectivity index (χ1n) is 5.20. The van der Waals surface area contributed by atoms with Crippen molar-refractivity contribution in [1.29, 1.82) is 0 Å². The first kappa shape index (κ1) is 17.4. The quantitative estimate of drug-likeness (QED) is 0.540. The van der Waals surface area contributed by atoms with Gasteiger partial charge in [-0.15, -0.1) is 0 Å². The van der Waals surface area contributed by atoms with E-state index in [4.69, 9.17) is 0 Å². The molecule has 0 aromatic carbocycles. The molecule has 104 valence electrons. The highest BCUT2D eigenvalue weighted by Crippen LogP contribution is 2.21. The minimum atomic E-state index is -4.30. The van der Waals surface area contributed by atoms with E-state index in [0.29, 0.717) is 4.43 Å². The lowest BCUT2D eigenvalue weighted by molar-refractivity contribution is -0.134. The van der Waals surface area contributed by atoms with Gasteiger partial charge in [-0.05, 0) is 12.3 Å². The standard InChI is InChI=1S/C9H17F3INO2S/c1-7(2)8(6-13)14-17(15,16)5-3-4-9(10,11)12/h7-8,14H,3-6H2,1-2H3. The minimum absolute atomic E-state index is 0.115.